The van der Waals surface area contributed by atoms with Gasteiger partial charge in [0.05, 0.1) is 11.0 Å². The van der Waals surface area contributed by atoms with E-state index in [0.717, 1.165) is 23.2 Å². The minimum absolute atomic E-state index is 0.506. The molecule has 21 heavy (non-hydrogen) atoms. The molecule has 3 N–H and O–H groups in total. The fourth-order valence-corrected chi connectivity index (χ4v) is 2.94. The van der Waals surface area contributed by atoms with Gasteiger partial charge in [-0.05, 0) is 67.1 Å². The van der Waals surface area contributed by atoms with Gasteiger partial charge in [-0.2, -0.15) is 4.98 Å². The van der Waals surface area contributed by atoms with Crippen molar-refractivity contribution in [3.05, 3.63) is 47.5 Å². The predicted molar refractivity (Wildman–Crippen MR) is 83.7 cm³/mol. The molecule has 0 saturated heterocycles. The number of aromatic amines is 1. The molecule has 0 amide bonds. The van der Waals surface area contributed by atoms with E-state index in [1.54, 1.807) is 0 Å². The van der Waals surface area contributed by atoms with Gasteiger partial charge in [-0.3, -0.25) is 0 Å². The van der Waals surface area contributed by atoms with Gasteiger partial charge in [-0.1, -0.05) is 6.07 Å². The molecule has 3 aromatic rings. The molecular weight excluding hydrogens is 262 g/mol. The Morgan fingerprint density at radius 2 is 1.86 bits per heavy atom. The Morgan fingerprint density at radius 1 is 1.00 bits per heavy atom. The molecule has 4 heteroatoms. The van der Waals surface area contributed by atoms with Crippen LogP contribution >= 0.6 is 0 Å². The summed E-state index contributed by atoms with van der Waals surface area (Å²) in [5.74, 6) is 0.836. The van der Waals surface area contributed by atoms with Crippen molar-refractivity contribution in [2.45, 2.75) is 25.7 Å². The van der Waals surface area contributed by atoms with Crippen molar-refractivity contribution in [1.82, 2.24) is 9.97 Å². The first kappa shape index (κ1) is 12.3. The summed E-state index contributed by atoms with van der Waals surface area (Å²) in [6.45, 7) is 0. The molecule has 1 heterocycles. The molecule has 0 aliphatic heterocycles. The van der Waals surface area contributed by atoms with E-state index in [1.807, 2.05) is 24.3 Å². The number of imidazole rings is 1. The van der Waals surface area contributed by atoms with Crippen LogP contribution in [0.4, 0.5) is 5.69 Å². The SMILES string of the molecule is Nc1ccc2nc(Oc3ccc4c(c3)CCCC4)[nH]c2c1. The highest BCUT2D eigenvalue weighted by molar-refractivity contribution is 5.79. The second kappa shape index (κ2) is 4.81. The van der Waals surface area contributed by atoms with Crippen molar-refractivity contribution >= 4 is 16.7 Å². The third kappa shape index (κ3) is 2.33. The molecule has 0 unspecified atom stereocenters. The van der Waals surface area contributed by atoms with E-state index in [9.17, 15) is 0 Å². The number of aryl methyl sites for hydroxylation is 2. The smallest absolute Gasteiger partial charge is 0.300 e. The highest BCUT2D eigenvalue weighted by Gasteiger charge is 2.11. The van der Waals surface area contributed by atoms with Crippen molar-refractivity contribution < 1.29 is 4.74 Å². The van der Waals surface area contributed by atoms with Gasteiger partial charge in [0.2, 0.25) is 0 Å². The summed E-state index contributed by atoms with van der Waals surface area (Å²) >= 11 is 0. The molecule has 2 aromatic carbocycles. The number of nitrogens with two attached hydrogens (primary N) is 1. The summed E-state index contributed by atoms with van der Waals surface area (Å²) in [6.07, 6.45) is 4.88. The molecule has 1 aromatic heterocycles. The van der Waals surface area contributed by atoms with Gasteiger partial charge in [-0.15, -0.1) is 0 Å². The predicted octanol–water partition coefficient (Wildman–Crippen LogP) is 3.82. The fraction of sp³-hybridized carbons (Fsp3) is 0.235. The van der Waals surface area contributed by atoms with E-state index in [-0.39, 0.29) is 0 Å². The number of hydrogen-bond donors (Lipinski definition) is 2. The third-order valence-corrected chi connectivity index (χ3v) is 4.02. The molecule has 0 fully saturated rings. The number of nitrogen functional groups attached to an aromatic ring is 1. The number of H-pyrrole nitrogens is 1. The van der Waals surface area contributed by atoms with Crippen molar-refractivity contribution in [1.29, 1.82) is 0 Å². The summed E-state index contributed by atoms with van der Waals surface area (Å²) in [6, 6.07) is 12.4. The third-order valence-electron chi connectivity index (χ3n) is 4.02. The maximum Gasteiger partial charge on any atom is 0.300 e. The van der Waals surface area contributed by atoms with E-state index in [1.165, 1.54) is 30.4 Å². The number of ether oxygens (including phenoxy) is 1. The number of anilines is 1. The Morgan fingerprint density at radius 3 is 2.76 bits per heavy atom. The Bertz CT molecular complexity index is 807. The van der Waals surface area contributed by atoms with Gasteiger partial charge >= 0.3 is 0 Å². The second-order valence-corrected chi connectivity index (χ2v) is 5.56. The van der Waals surface area contributed by atoms with Gasteiger partial charge < -0.3 is 15.5 Å². The number of aromatic nitrogens is 2. The first-order valence-corrected chi connectivity index (χ1v) is 7.33. The molecule has 0 atom stereocenters. The topological polar surface area (TPSA) is 63.9 Å². The Balaban J connectivity index is 1.64. The van der Waals surface area contributed by atoms with Crippen LogP contribution in [-0.4, -0.2) is 9.97 Å². The summed E-state index contributed by atoms with van der Waals surface area (Å²) in [5.41, 5.74) is 11.1. The lowest BCUT2D eigenvalue weighted by atomic mass is 9.92. The van der Waals surface area contributed by atoms with Crippen molar-refractivity contribution in [2.24, 2.45) is 0 Å². The normalized spacial score (nSPS) is 14.1. The van der Waals surface area contributed by atoms with Crippen LogP contribution in [0.3, 0.4) is 0 Å². The standard InChI is InChI=1S/C17H17N3O/c18-13-6-8-15-16(10-13)20-17(19-15)21-14-7-5-11-3-1-2-4-12(11)9-14/h5-10H,1-4,18H2,(H,19,20). The monoisotopic (exact) mass is 279 g/mol. The van der Waals surface area contributed by atoms with E-state index in [4.69, 9.17) is 10.5 Å². The zero-order valence-electron chi connectivity index (χ0n) is 11.7. The van der Waals surface area contributed by atoms with Gasteiger partial charge in [0.15, 0.2) is 0 Å². The zero-order chi connectivity index (χ0) is 14.2. The van der Waals surface area contributed by atoms with E-state index in [0.29, 0.717) is 11.7 Å². The average Bonchev–Trinajstić information content (AvgIpc) is 2.88. The molecule has 106 valence electrons. The minimum Gasteiger partial charge on any atom is -0.426 e. The Labute approximate surface area is 123 Å². The second-order valence-electron chi connectivity index (χ2n) is 5.56. The lowest BCUT2D eigenvalue weighted by Crippen LogP contribution is -2.02. The van der Waals surface area contributed by atoms with Crippen molar-refractivity contribution in [3.63, 3.8) is 0 Å². The summed E-state index contributed by atoms with van der Waals surface area (Å²) < 4.78 is 5.86. The van der Waals surface area contributed by atoms with Crippen LogP contribution < -0.4 is 10.5 Å². The number of benzene rings is 2. The first-order chi connectivity index (χ1) is 10.3. The Hall–Kier alpha value is -2.49. The Kier molecular flexibility index (Phi) is 2.81. The van der Waals surface area contributed by atoms with E-state index < -0.39 is 0 Å². The van der Waals surface area contributed by atoms with Crippen LogP contribution in [-0.2, 0) is 12.8 Å². The number of rotatable bonds is 2. The van der Waals surface area contributed by atoms with Crippen LogP contribution in [0.15, 0.2) is 36.4 Å². The molecule has 1 aliphatic rings. The molecular formula is C17H17N3O. The highest BCUT2D eigenvalue weighted by Crippen LogP contribution is 2.28. The molecule has 4 nitrogen and oxygen atoms in total. The fourth-order valence-electron chi connectivity index (χ4n) is 2.94. The summed E-state index contributed by atoms with van der Waals surface area (Å²) in [7, 11) is 0. The number of hydrogen-bond acceptors (Lipinski definition) is 3. The highest BCUT2D eigenvalue weighted by atomic mass is 16.5. The van der Waals surface area contributed by atoms with Crippen LogP contribution in [0.5, 0.6) is 11.8 Å². The average molecular weight is 279 g/mol. The van der Waals surface area contributed by atoms with Gasteiger partial charge in [0, 0.05) is 5.69 Å². The van der Waals surface area contributed by atoms with E-state index in [2.05, 4.69) is 22.1 Å². The van der Waals surface area contributed by atoms with Crippen LogP contribution in [0, 0.1) is 0 Å². The van der Waals surface area contributed by atoms with Crippen molar-refractivity contribution in [3.8, 4) is 11.8 Å². The van der Waals surface area contributed by atoms with Crippen LogP contribution in [0.1, 0.15) is 24.0 Å². The number of fused-ring (bicyclic) bond motifs is 2. The van der Waals surface area contributed by atoms with Crippen LogP contribution in [0.25, 0.3) is 11.0 Å². The summed E-state index contributed by atoms with van der Waals surface area (Å²) in [5, 5.41) is 0. The lowest BCUT2D eigenvalue weighted by molar-refractivity contribution is 0.448. The summed E-state index contributed by atoms with van der Waals surface area (Å²) in [4.78, 5) is 7.58. The van der Waals surface area contributed by atoms with E-state index >= 15 is 0 Å². The lowest BCUT2D eigenvalue weighted by Gasteiger charge is -2.16. The van der Waals surface area contributed by atoms with Crippen LogP contribution in [0.2, 0.25) is 0 Å². The molecule has 0 bridgehead atoms. The van der Waals surface area contributed by atoms with Gasteiger partial charge in [0.1, 0.15) is 5.75 Å². The molecule has 4 rings (SSSR count). The van der Waals surface area contributed by atoms with Gasteiger partial charge in [-0.25, -0.2) is 0 Å². The maximum absolute atomic E-state index is 5.86. The largest absolute Gasteiger partial charge is 0.426 e. The number of nitrogens with one attached hydrogen (secondary N) is 1. The quantitative estimate of drug-likeness (QED) is 0.701. The van der Waals surface area contributed by atoms with Crippen molar-refractivity contribution in [2.75, 3.05) is 5.73 Å². The van der Waals surface area contributed by atoms with Gasteiger partial charge in [0.25, 0.3) is 6.01 Å². The first-order valence-electron chi connectivity index (χ1n) is 7.33. The molecule has 0 saturated carbocycles. The maximum atomic E-state index is 5.86. The molecule has 0 radical (unpaired) electrons. The zero-order valence-corrected chi connectivity index (χ0v) is 11.7. The number of nitrogens with zero attached hydrogens (tertiary/aromatic N) is 1. The molecule has 1 aliphatic carbocycles. The molecule has 0 spiro atoms. The minimum atomic E-state index is 0.506.